The van der Waals surface area contributed by atoms with Gasteiger partial charge in [-0.05, 0) is 48.1 Å². The molecule has 0 saturated heterocycles. The maximum atomic E-state index is 6.11. The van der Waals surface area contributed by atoms with Crippen molar-refractivity contribution in [1.82, 2.24) is 5.32 Å². The summed E-state index contributed by atoms with van der Waals surface area (Å²) in [6.07, 6.45) is 1.17. The molecule has 118 valence electrons. The zero-order valence-corrected chi connectivity index (χ0v) is 15.2. The summed E-state index contributed by atoms with van der Waals surface area (Å²) < 4.78 is 0. The third-order valence-corrected chi connectivity index (χ3v) is 5.43. The highest BCUT2D eigenvalue weighted by molar-refractivity contribution is 7.99. The Hall–Kier alpha value is -0.670. The lowest BCUT2D eigenvalue weighted by Crippen LogP contribution is -2.12. The molecule has 1 nitrogen and oxygen atoms in total. The maximum absolute atomic E-state index is 6.11. The summed E-state index contributed by atoms with van der Waals surface area (Å²) in [6.45, 7) is 3.30. The van der Waals surface area contributed by atoms with Crippen LogP contribution in [0.3, 0.4) is 0 Å². The van der Waals surface area contributed by atoms with E-state index < -0.39 is 0 Å². The van der Waals surface area contributed by atoms with E-state index in [4.69, 9.17) is 23.2 Å². The first-order chi connectivity index (χ1) is 10.6. The van der Waals surface area contributed by atoms with Crippen molar-refractivity contribution in [1.29, 1.82) is 0 Å². The molecule has 1 aromatic carbocycles. The van der Waals surface area contributed by atoms with Gasteiger partial charge in [-0.25, -0.2) is 0 Å². The highest BCUT2D eigenvalue weighted by atomic mass is 35.5. The first-order valence-corrected chi connectivity index (χ1v) is 9.21. The van der Waals surface area contributed by atoms with Gasteiger partial charge in [-0.1, -0.05) is 60.5 Å². The molecule has 0 spiro atoms. The van der Waals surface area contributed by atoms with Crippen LogP contribution in [0, 0.1) is 10.4 Å². The Labute approximate surface area is 146 Å². The molecule has 2 aliphatic rings. The second-order valence-electron chi connectivity index (χ2n) is 5.33. The predicted molar refractivity (Wildman–Crippen MR) is 99.9 cm³/mol. The van der Waals surface area contributed by atoms with Crippen molar-refractivity contribution < 1.29 is 0 Å². The van der Waals surface area contributed by atoms with Crippen LogP contribution in [0.2, 0.25) is 10.0 Å². The van der Waals surface area contributed by atoms with E-state index in [9.17, 15) is 0 Å². The summed E-state index contributed by atoms with van der Waals surface area (Å²) in [7, 11) is 1.98. The lowest BCUT2D eigenvalue weighted by molar-refractivity contribution is 0.720. The van der Waals surface area contributed by atoms with Gasteiger partial charge in [0.15, 0.2) is 0 Å². The molecule has 1 unspecified atom stereocenters. The molecule has 1 aromatic rings. The quantitative estimate of drug-likeness (QED) is 0.626. The van der Waals surface area contributed by atoms with E-state index >= 15 is 0 Å². The van der Waals surface area contributed by atoms with Gasteiger partial charge in [0.05, 0.1) is 0 Å². The molecule has 1 atom stereocenters. The second kappa shape index (κ2) is 8.83. The maximum Gasteiger partial charge on any atom is 0.0461 e. The number of thioether (sulfide) groups is 1. The van der Waals surface area contributed by atoms with Crippen LogP contribution in [0.25, 0.3) is 0 Å². The SMILES string of the molecule is CNCCC(C)SCc1ccc(Cl)cc1Cl.c1cc2ccc1=2. The smallest absolute Gasteiger partial charge is 0.0461 e. The van der Waals surface area contributed by atoms with E-state index in [1.807, 2.05) is 30.9 Å². The fraction of sp³-hybridized carbons (Fsp3) is 0.333. The Morgan fingerprint density at radius 3 is 2.14 bits per heavy atom. The van der Waals surface area contributed by atoms with Gasteiger partial charge in [0, 0.05) is 21.0 Å². The molecule has 0 radical (unpaired) electrons. The molecule has 0 amide bonds. The van der Waals surface area contributed by atoms with Crippen LogP contribution in [0.4, 0.5) is 0 Å². The highest BCUT2D eigenvalue weighted by Crippen LogP contribution is 2.27. The van der Waals surface area contributed by atoms with Crippen molar-refractivity contribution in [3.63, 3.8) is 0 Å². The van der Waals surface area contributed by atoms with Crippen molar-refractivity contribution >= 4 is 35.0 Å². The minimum absolute atomic E-state index is 0.638. The van der Waals surface area contributed by atoms with Gasteiger partial charge in [0.1, 0.15) is 0 Å². The van der Waals surface area contributed by atoms with E-state index in [1.165, 1.54) is 16.9 Å². The van der Waals surface area contributed by atoms with Gasteiger partial charge >= 0.3 is 0 Å². The van der Waals surface area contributed by atoms with Crippen LogP contribution in [0.5, 0.6) is 0 Å². The van der Waals surface area contributed by atoms with Crippen molar-refractivity contribution in [3.05, 3.63) is 68.5 Å². The van der Waals surface area contributed by atoms with Gasteiger partial charge in [-0.3, -0.25) is 0 Å². The van der Waals surface area contributed by atoms with Crippen molar-refractivity contribution in [2.45, 2.75) is 24.3 Å². The van der Waals surface area contributed by atoms with Gasteiger partial charge in [-0.2, -0.15) is 11.8 Å². The van der Waals surface area contributed by atoms with Gasteiger partial charge in [-0.15, -0.1) is 0 Å². The van der Waals surface area contributed by atoms with Gasteiger partial charge in [0.25, 0.3) is 0 Å². The molecule has 1 N–H and O–H groups in total. The molecule has 0 aliphatic heterocycles. The third kappa shape index (κ3) is 5.20. The Morgan fingerprint density at radius 1 is 1.05 bits per heavy atom. The number of halogens is 2. The number of rotatable bonds is 6. The van der Waals surface area contributed by atoms with Crippen LogP contribution in [0.15, 0.2) is 42.5 Å². The molecule has 22 heavy (non-hydrogen) atoms. The normalized spacial score (nSPS) is 12.4. The summed E-state index contributed by atoms with van der Waals surface area (Å²) in [5.74, 6) is 0.945. The zero-order valence-electron chi connectivity index (χ0n) is 12.9. The number of nitrogens with one attached hydrogen (secondary N) is 1. The Bertz CT molecular complexity index is 652. The van der Waals surface area contributed by atoms with Gasteiger partial charge < -0.3 is 5.32 Å². The summed E-state index contributed by atoms with van der Waals surface area (Å²) in [6, 6.07) is 14.2. The molecule has 0 bridgehead atoms. The largest absolute Gasteiger partial charge is 0.320 e. The minimum atomic E-state index is 0.638. The third-order valence-electron chi connectivity index (χ3n) is 3.56. The first-order valence-electron chi connectivity index (χ1n) is 7.40. The number of hydrogen-bond acceptors (Lipinski definition) is 2. The van der Waals surface area contributed by atoms with Crippen LogP contribution in [-0.4, -0.2) is 18.8 Å². The Kier molecular flexibility index (Phi) is 7.10. The number of hydrogen-bond donors (Lipinski definition) is 1. The standard InChI is InChI=1S/C12H17Cl2NS.C6H4/c1-9(5-6-15-2)16-8-10-3-4-11(13)7-12(10)14;1-2-6-4-3-5(1)6/h3-4,7,9,15H,5-6,8H2,1-2H3;1-4H. The van der Waals surface area contributed by atoms with Crippen LogP contribution >= 0.6 is 35.0 Å². The molecule has 0 fully saturated rings. The summed E-state index contributed by atoms with van der Waals surface area (Å²) in [5.41, 5.74) is 1.16. The van der Waals surface area contributed by atoms with E-state index in [0.717, 1.165) is 22.9 Å². The summed E-state index contributed by atoms with van der Waals surface area (Å²) >= 11 is 13.9. The van der Waals surface area contributed by atoms with Crippen LogP contribution < -0.4 is 5.32 Å². The number of benzene rings is 2. The van der Waals surface area contributed by atoms with Crippen molar-refractivity contribution in [3.8, 4) is 0 Å². The molecule has 2 aliphatic carbocycles. The molecule has 0 saturated carbocycles. The van der Waals surface area contributed by atoms with E-state index in [2.05, 4.69) is 36.5 Å². The Balaban J connectivity index is 0.000000238. The fourth-order valence-corrected chi connectivity index (χ4v) is 3.52. The molecular formula is C18H21Cl2NS. The summed E-state index contributed by atoms with van der Waals surface area (Å²) in [5, 5.41) is 8.11. The van der Waals surface area contributed by atoms with Crippen LogP contribution in [0.1, 0.15) is 18.9 Å². The van der Waals surface area contributed by atoms with E-state index in [-0.39, 0.29) is 0 Å². The fourth-order valence-electron chi connectivity index (χ4n) is 1.96. The lowest BCUT2D eigenvalue weighted by Gasteiger charge is -2.11. The topological polar surface area (TPSA) is 12.0 Å². The highest BCUT2D eigenvalue weighted by Gasteiger charge is 2.05. The lowest BCUT2D eigenvalue weighted by atomic mass is 10.1. The Morgan fingerprint density at radius 2 is 1.68 bits per heavy atom. The van der Waals surface area contributed by atoms with Gasteiger partial charge in [0.2, 0.25) is 0 Å². The molecular weight excluding hydrogens is 333 g/mol. The predicted octanol–water partition coefficient (Wildman–Crippen LogP) is 5.51. The zero-order chi connectivity index (χ0) is 15.9. The molecule has 4 heteroatoms. The molecule has 3 rings (SSSR count). The average Bonchev–Trinajstić information content (AvgIpc) is 2.48. The molecule has 0 aromatic heterocycles. The van der Waals surface area contributed by atoms with Crippen molar-refractivity contribution in [2.75, 3.05) is 13.6 Å². The van der Waals surface area contributed by atoms with Crippen LogP contribution in [-0.2, 0) is 5.75 Å². The first kappa shape index (κ1) is 17.7. The van der Waals surface area contributed by atoms with E-state index in [1.54, 1.807) is 6.07 Å². The summed E-state index contributed by atoms with van der Waals surface area (Å²) in [4.78, 5) is 0. The minimum Gasteiger partial charge on any atom is -0.320 e. The second-order valence-corrected chi connectivity index (χ2v) is 7.60. The van der Waals surface area contributed by atoms with E-state index in [0.29, 0.717) is 10.3 Å². The average molecular weight is 354 g/mol. The monoisotopic (exact) mass is 353 g/mol. The molecule has 0 heterocycles. The van der Waals surface area contributed by atoms with Crippen molar-refractivity contribution in [2.24, 2.45) is 0 Å².